The molecule has 1 aliphatic heterocycles. The number of pyridine rings is 4. The Balaban J connectivity index is 1.26. The fraction of sp³-hybridized carbons (Fsp3) is 0.214. The van der Waals surface area contributed by atoms with E-state index in [1.807, 2.05) is 43.0 Å². The summed E-state index contributed by atoms with van der Waals surface area (Å²) in [5.41, 5.74) is 8.10. The van der Waals surface area contributed by atoms with Crippen molar-refractivity contribution in [2.45, 2.75) is 25.8 Å². The summed E-state index contributed by atoms with van der Waals surface area (Å²) in [6.45, 7) is 3.24. The summed E-state index contributed by atoms with van der Waals surface area (Å²) in [6, 6.07) is 10.2. The molecule has 9 nitrogen and oxygen atoms in total. The second kappa shape index (κ2) is 9.18. The van der Waals surface area contributed by atoms with E-state index < -0.39 is 0 Å². The smallest absolute Gasteiger partial charge is 0.161 e. The number of aromatic amines is 2. The second-order valence-electron chi connectivity index (χ2n) is 9.49. The number of imidazole rings is 1. The third kappa shape index (κ3) is 4.13. The van der Waals surface area contributed by atoms with Gasteiger partial charge in [0, 0.05) is 66.0 Å². The molecule has 0 aromatic carbocycles. The van der Waals surface area contributed by atoms with Crippen molar-refractivity contribution in [3.63, 3.8) is 0 Å². The largest absolute Gasteiger partial charge is 0.321 e. The van der Waals surface area contributed by atoms with Crippen LogP contribution >= 0.6 is 0 Å². The van der Waals surface area contributed by atoms with Crippen molar-refractivity contribution >= 4 is 22.2 Å². The van der Waals surface area contributed by atoms with Gasteiger partial charge in [-0.2, -0.15) is 5.10 Å². The van der Waals surface area contributed by atoms with Crippen molar-refractivity contribution in [1.29, 1.82) is 0 Å². The van der Waals surface area contributed by atoms with E-state index in [9.17, 15) is 0 Å². The zero-order chi connectivity index (χ0) is 24.6. The molecule has 7 rings (SSSR count). The van der Waals surface area contributed by atoms with Crippen molar-refractivity contribution in [1.82, 2.24) is 45.0 Å². The number of nitrogens with zero attached hydrogens (tertiary/aromatic N) is 7. The van der Waals surface area contributed by atoms with E-state index in [-0.39, 0.29) is 0 Å². The van der Waals surface area contributed by atoms with Crippen LogP contribution in [0.1, 0.15) is 24.8 Å². The first-order valence-corrected chi connectivity index (χ1v) is 12.6. The van der Waals surface area contributed by atoms with E-state index in [0.717, 1.165) is 52.8 Å². The molecule has 2 N–H and O–H groups in total. The minimum absolute atomic E-state index is 0.640. The first kappa shape index (κ1) is 21.8. The first-order chi connectivity index (χ1) is 18.3. The second-order valence-corrected chi connectivity index (χ2v) is 9.49. The van der Waals surface area contributed by atoms with Gasteiger partial charge >= 0.3 is 0 Å². The molecule has 6 aromatic heterocycles. The minimum atomic E-state index is 0.640. The van der Waals surface area contributed by atoms with Gasteiger partial charge in [-0.05, 0) is 55.8 Å². The molecule has 0 saturated carbocycles. The van der Waals surface area contributed by atoms with Crippen molar-refractivity contribution in [2.75, 3.05) is 13.1 Å². The fourth-order valence-corrected chi connectivity index (χ4v) is 5.13. The summed E-state index contributed by atoms with van der Waals surface area (Å²) < 4.78 is 0. The van der Waals surface area contributed by atoms with Gasteiger partial charge in [-0.3, -0.25) is 20.0 Å². The molecule has 0 atom stereocenters. The number of rotatable bonds is 5. The average molecular weight is 488 g/mol. The number of hydrogen-bond acceptors (Lipinski definition) is 7. The van der Waals surface area contributed by atoms with Gasteiger partial charge in [-0.15, -0.1) is 0 Å². The van der Waals surface area contributed by atoms with Crippen molar-refractivity contribution in [3.05, 3.63) is 73.1 Å². The van der Waals surface area contributed by atoms with E-state index in [1.165, 1.54) is 24.8 Å². The molecule has 0 unspecified atom stereocenters. The van der Waals surface area contributed by atoms with Gasteiger partial charge in [0.2, 0.25) is 0 Å². The van der Waals surface area contributed by atoms with E-state index in [2.05, 4.69) is 52.1 Å². The van der Waals surface area contributed by atoms with Gasteiger partial charge < -0.3 is 4.98 Å². The Kier molecular flexibility index (Phi) is 5.40. The summed E-state index contributed by atoms with van der Waals surface area (Å²) in [7, 11) is 0. The predicted molar refractivity (Wildman–Crippen MR) is 142 cm³/mol. The van der Waals surface area contributed by atoms with Crippen LogP contribution < -0.4 is 0 Å². The summed E-state index contributed by atoms with van der Waals surface area (Å²) in [6.07, 6.45) is 15.0. The molecule has 6 aromatic rings. The van der Waals surface area contributed by atoms with E-state index in [0.29, 0.717) is 22.8 Å². The Labute approximate surface area is 213 Å². The van der Waals surface area contributed by atoms with Crippen molar-refractivity contribution in [3.8, 4) is 33.8 Å². The molecule has 7 heterocycles. The maximum atomic E-state index is 4.89. The molecule has 1 saturated heterocycles. The third-order valence-electron chi connectivity index (χ3n) is 6.98. The predicted octanol–water partition coefficient (Wildman–Crippen LogP) is 5.01. The standard InChI is InChI=1S/C28H25N9/c1-2-9-37(10-3-1)17-18-11-20(15-30-13-18)21-12-23-25(35-36-26(23)32-16-21)28-33-24-22(6-8-31-27(24)34-28)19-5-4-7-29-14-19/h4-8,11-16H,1-3,9-10,17H2,(H,31,33,34)(H,32,35,36). The molecular weight excluding hydrogens is 462 g/mol. The lowest BCUT2D eigenvalue weighted by Gasteiger charge is -2.26. The van der Waals surface area contributed by atoms with Gasteiger partial charge in [0.25, 0.3) is 0 Å². The maximum absolute atomic E-state index is 4.89. The molecule has 182 valence electrons. The third-order valence-corrected chi connectivity index (χ3v) is 6.98. The van der Waals surface area contributed by atoms with E-state index in [1.54, 1.807) is 12.4 Å². The summed E-state index contributed by atoms with van der Waals surface area (Å²) in [4.78, 5) is 28.7. The number of likely N-dealkylation sites (tertiary alicyclic amines) is 1. The van der Waals surface area contributed by atoms with Crippen LogP contribution in [0.25, 0.3) is 56.0 Å². The average Bonchev–Trinajstić information content (AvgIpc) is 3.58. The Hall–Kier alpha value is -4.50. The molecule has 1 fully saturated rings. The molecule has 9 heteroatoms. The Morgan fingerprint density at radius 3 is 2.59 bits per heavy atom. The van der Waals surface area contributed by atoms with Gasteiger partial charge in [0.15, 0.2) is 17.1 Å². The zero-order valence-electron chi connectivity index (χ0n) is 20.2. The minimum Gasteiger partial charge on any atom is -0.321 e. The highest BCUT2D eigenvalue weighted by atomic mass is 15.2. The normalized spacial score (nSPS) is 14.5. The Morgan fingerprint density at radius 1 is 0.811 bits per heavy atom. The van der Waals surface area contributed by atoms with Crippen LogP contribution in [0.2, 0.25) is 0 Å². The first-order valence-electron chi connectivity index (χ1n) is 12.6. The number of aromatic nitrogens is 8. The molecular formula is C28H25N9. The number of piperidine rings is 1. The maximum Gasteiger partial charge on any atom is 0.161 e. The summed E-state index contributed by atoms with van der Waals surface area (Å²) >= 11 is 0. The molecule has 37 heavy (non-hydrogen) atoms. The van der Waals surface area contributed by atoms with Crippen LogP contribution in [0, 0.1) is 0 Å². The zero-order valence-corrected chi connectivity index (χ0v) is 20.2. The monoisotopic (exact) mass is 487 g/mol. The highest BCUT2D eigenvalue weighted by molar-refractivity contribution is 5.95. The number of H-pyrrole nitrogens is 2. The van der Waals surface area contributed by atoms with Crippen LogP contribution in [0.5, 0.6) is 0 Å². The molecule has 1 aliphatic rings. The highest BCUT2D eigenvalue weighted by Gasteiger charge is 2.17. The van der Waals surface area contributed by atoms with Gasteiger partial charge in [0.1, 0.15) is 11.2 Å². The number of hydrogen-bond donors (Lipinski definition) is 2. The topological polar surface area (TPSA) is 112 Å². The lowest BCUT2D eigenvalue weighted by atomic mass is 10.1. The SMILES string of the molecule is c1cncc(-c2ccnc3[nH]c(-c4n[nH]c5ncc(-c6cncc(CN7CCCCC7)c6)cc45)nc23)c1. The van der Waals surface area contributed by atoms with Crippen molar-refractivity contribution in [2.24, 2.45) is 0 Å². The van der Waals surface area contributed by atoms with Crippen LogP contribution in [-0.2, 0) is 6.54 Å². The number of nitrogens with one attached hydrogen (secondary N) is 2. The van der Waals surface area contributed by atoms with Crippen molar-refractivity contribution < 1.29 is 0 Å². The highest BCUT2D eigenvalue weighted by Crippen LogP contribution is 2.31. The van der Waals surface area contributed by atoms with Crippen LogP contribution in [0.15, 0.2) is 67.5 Å². The number of fused-ring (bicyclic) bond motifs is 2. The van der Waals surface area contributed by atoms with Gasteiger partial charge in [-0.1, -0.05) is 12.5 Å². The van der Waals surface area contributed by atoms with Gasteiger partial charge in [0.05, 0.1) is 5.39 Å². The van der Waals surface area contributed by atoms with E-state index in [4.69, 9.17) is 4.98 Å². The lowest BCUT2D eigenvalue weighted by molar-refractivity contribution is 0.220. The molecule has 0 radical (unpaired) electrons. The lowest BCUT2D eigenvalue weighted by Crippen LogP contribution is -2.29. The summed E-state index contributed by atoms with van der Waals surface area (Å²) in [5, 5.41) is 8.49. The Bertz CT molecular complexity index is 1700. The van der Waals surface area contributed by atoms with Gasteiger partial charge in [-0.25, -0.2) is 15.0 Å². The van der Waals surface area contributed by atoms with Crippen LogP contribution in [0.4, 0.5) is 0 Å². The molecule has 0 spiro atoms. The molecule has 0 bridgehead atoms. The molecule has 0 aliphatic carbocycles. The van der Waals surface area contributed by atoms with Crippen LogP contribution in [-0.4, -0.2) is 58.1 Å². The van der Waals surface area contributed by atoms with Crippen LogP contribution in [0.3, 0.4) is 0 Å². The molecule has 0 amide bonds. The fourth-order valence-electron chi connectivity index (χ4n) is 5.13. The summed E-state index contributed by atoms with van der Waals surface area (Å²) in [5.74, 6) is 0.640. The Morgan fingerprint density at radius 2 is 1.70 bits per heavy atom. The van der Waals surface area contributed by atoms with E-state index >= 15 is 0 Å². The quantitative estimate of drug-likeness (QED) is 0.352.